The summed E-state index contributed by atoms with van der Waals surface area (Å²) in [5.41, 5.74) is 0.835. The Kier molecular flexibility index (Phi) is 4.99. The molecule has 0 N–H and O–H groups in total. The Morgan fingerprint density at radius 2 is 2.04 bits per heavy atom. The van der Waals surface area contributed by atoms with Crippen LogP contribution in [0.2, 0.25) is 0 Å². The number of nitriles is 1. The molecule has 2 fully saturated rings. The highest BCUT2D eigenvalue weighted by Crippen LogP contribution is 2.27. The number of aromatic nitrogens is 2. The first-order chi connectivity index (χ1) is 13.2. The smallest absolute Gasteiger partial charge is 0.274 e. The van der Waals surface area contributed by atoms with Crippen molar-refractivity contribution in [1.82, 2.24) is 19.8 Å². The van der Waals surface area contributed by atoms with Gasteiger partial charge in [-0.3, -0.25) is 9.69 Å². The molecule has 2 aromatic rings. The Balaban J connectivity index is 1.39. The quantitative estimate of drug-likeness (QED) is 0.830. The highest BCUT2D eigenvalue weighted by atomic mass is 16.5. The third-order valence-corrected chi connectivity index (χ3v) is 4.91. The number of carbonyl (C=O) groups excluding carboxylic acids is 1. The molecule has 0 bridgehead atoms. The molecule has 1 saturated heterocycles. The number of ether oxygens (including phenoxy) is 1. The van der Waals surface area contributed by atoms with Gasteiger partial charge in [0.2, 0.25) is 5.88 Å². The molecule has 4 rings (SSSR count). The van der Waals surface area contributed by atoms with Crippen LogP contribution in [0.15, 0.2) is 36.7 Å². The molecule has 7 heteroatoms. The van der Waals surface area contributed by atoms with Crippen molar-refractivity contribution in [2.24, 2.45) is 0 Å². The summed E-state index contributed by atoms with van der Waals surface area (Å²) in [4.78, 5) is 25.5. The van der Waals surface area contributed by atoms with Gasteiger partial charge < -0.3 is 9.64 Å². The van der Waals surface area contributed by atoms with Gasteiger partial charge in [-0.1, -0.05) is 6.07 Å². The van der Waals surface area contributed by atoms with Crippen LogP contribution >= 0.6 is 0 Å². The monoisotopic (exact) mass is 363 g/mol. The predicted octanol–water partition coefficient (Wildman–Crippen LogP) is 2.45. The van der Waals surface area contributed by atoms with Crippen molar-refractivity contribution in [2.45, 2.75) is 25.3 Å². The van der Waals surface area contributed by atoms with Crippen LogP contribution in [0.25, 0.3) is 0 Å². The molecule has 0 atom stereocenters. The predicted molar refractivity (Wildman–Crippen MR) is 98.4 cm³/mol. The van der Waals surface area contributed by atoms with Crippen LogP contribution in [0.3, 0.4) is 0 Å². The lowest BCUT2D eigenvalue weighted by atomic mass is 10.2. The first-order valence-corrected chi connectivity index (χ1v) is 9.26. The summed E-state index contributed by atoms with van der Waals surface area (Å²) in [5, 5.41) is 8.94. The standard InChI is InChI=1S/C20H21N5O2/c21-12-15-3-1-4-17(11-15)27-19-14-22-18(13-23-19)20(26)25-8-2-7-24(9-10-25)16-5-6-16/h1,3-4,11,13-14,16H,2,5-10H2. The molecule has 1 aliphatic heterocycles. The van der Waals surface area contributed by atoms with E-state index in [2.05, 4.69) is 20.9 Å². The summed E-state index contributed by atoms with van der Waals surface area (Å²) >= 11 is 0. The minimum Gasteiger partial charge on any atom is -0.437 e. The van der Waals surface area contributed by atoms with E-state index in [-0.39, 0.29) is 11.8 Å². The molecular weight excluding hydrogens is 342 g/mol. The summed E-state index contributed by atoms with van der Waals surface area (Å²) in [7, 11) is 0. The van der Waals surface area contributed by atoms with E-state index in [1.807, 2.05) is 4.90 Å². The molecule has 7 nitrogen and oxygen atoms in total. The van der Waals surface area contributed by atoms with Crippen molar-refractivity contribution in [1.29, 1.82) is 5.26 Å². The average Bonchev–Trinajstić information content (AvgIpc) is 3.54. The van der Waals surface area contributed by atoms with Gasteiger partial charge in [-0.15, -0.1) is 0 Å². The first kappa shape index (κ1) is 17.4. The van der Waals surface area contributed by atoms with Gasteiger partial charge in [0, 0.05) is 32.2 Å². The van der Waals surface area contributed by atoms with E-state index in [0.29, 0.717) is 17.0 Å². The zero-order chi connectivity index (χ0) is 18.6. The molecule has 1 amide bonds. The van der Waals surface area contributed by atoms with Gasteiger partial charge in [-0.25, -0.2) is 9.97 Å². The summed E-state index contributed by atoms with van der Waals surface area (Å²) < 4.78 is 5.61. The highest BCUT2D eigenvalue weighted by molar-refractivity contribution is 5.92. The van der Waals surface area contributed by atoms with Crippen LogP contribution in [-0.4, -0.2) is 57.9 Å². The van der Waals surface area contributed by atoms with E-state index in [1.54, 1.807) is 24.3 Å². The van der Waals surface area contributed by atoms with Gasteiger partial charge in [-0.2, -0.15) is 5.26 Å². The molecule has 0 spiro atoms. The van der Waals surface area contributed by atoms with Crippen molar-refractivity contribution in [3.63, 3.8) is 0 Å². The number of hydrogen-bond acceptors (Lipinski definition) is 6. The Bertz CT molecular complexity index is 857. The van der Waals surface area contributed by atoms with Crippen molar-refractivity contribution >= 4 is 5.91 Å². The SMILES string of the molecule is N#Cc1cccc(Oc2cnc(C(=O)N3CCCN(C4CC4)CC3)cn2)c1. The second-order valence-corrected chi connectivity index (χ2v) is 6.89. The number of hydrogen-bond donors (Lipinski definition) is 0. The minimum atomic E-state index is -0.0850. The van der Waals surface area contributed by atoms with Crippen molar-refractivity contribution in [3.05, 3.63) is 47.9 Å². The molecule has 1 aromatic carbocycles. The molecule has 0 radical (unpaired) electrons. The molecule has 138 valence electrons. The van der Waals surface area contributed by atoms with Gasteiger partial charge in [-0.05, 0) is 37.5 Å². The van der Waals surface area contributed by atoms with Crippen LogP contribution in [0.4, 0.5) is 0 Å². The lowest BCUT2D eigenvalue weighted by Gasteiger charge is -2.21. The van der Waals surface area contributed by atoms with Crippen LogP contribution in [0.5, 0.6) is 11.6 Å². The second-order valence-electron chi connectivity index (χ2n) is 6.89. The van der Waals surface area contributed by atoms with Crippen LogP contribution in [0.1, 0.15) is 35.3 Å². The first-order valence-electron chi connectivity index (χ1n) is 9.26. The summed E-state index contributed by atoms with van der Waals surface area (Å²) in [6.45, 7) is 3.48. The maximum atomic E-state index is 12.7. The number of benzene rings is 1. The number of amides is 1. The third kappa shape index (κ3) is 4.23. The third-order valence-electron chi connectivity index (χ3n) is 4.91. The Hall–Kier alpha value is -2.98. The highest BCUT2D eigenvalue weighted by Gasteiger charge is 2.31. The Morgan fingerprint density at radius 1 is 1.15 bits per heavy atom. The van der Waals surface area contributed by atoms with Crippen molar-refractivity contribution in [3.8, 4) is 17.7 Å². The maximum Gasteiger partial charge on any atom is 0.274 e. The van der Waals surface area contributed by atoms with Crippen molar-refractivity contribution < 1.29 is 9.53 Å². The zero-order valence-corrected chi connectivity index (χ0v) is 15.0. The summed E-state index contributed by atoms with van der Waals surface area (Å²) in [6.07, 6.45) is 6.47. The van der Waals surface area contributed by atoms with Crippen LogP contribution in [0, 0.1) is 11.3 Å². The number of rotatable bonds is 4. The Labute approximate surface area is 158 Å². The molecule has 2 heterocycles. The minimum absolute atomic E-state index is 0.0850. The second kappa shape index (κ2) is 7.72. The number of nitrogens with zero attached hydrogens (tertiary/aromatic N) is 5. The summed E-state index contributed by atoms with van der Waals surface area (Å²) in [5.74, 6) is 0.714. The van der Waals surface area contributed by atoms with Crippen LogP contribution in [-0.2, 0) is 0 Å². The summed E-state index contributed by atoms with van der Waals surface area (Å²) in [6, 6.07) is 9.60. The topological polar surface area (TPSA) is 82.3 Å². The van der Waals surface area contributed by atoms with E-state index in [9.17, 15) is 4.79 Å². The molecule has 1 saturated carbocycles. The van der Waals surface area contributed by atoms with E-state index in [0.717, 1.165) is 38.6 Å². The fourth-order valence-electron chi connectivity index (χ4n) is 3.34. The van der Waals surface area contributed by atoms with E-state index < -0.39 is 0 Å². The van der Waals surface area contributed by atoms with Gasteiger partial charge in [0.15, 0.2) is 0 Å². The molecular formula is C20H21N5O2. The van der Waals surface area contributed by atoms with Crippen molar-refractivity contribution in [2.75, 3.05) is 26.2 Å². The van der Waals surface area contributed by atoms with E-state index in [1.165, 1.54) is 25.2 Å². The molecule has 27 heavy (non-hydrogen) atoms. The van der Waals surface area contributed by atoms with Gasteiger partial charge in [0.05, 0.1) is 24.0 Å². The average molecular weight is 363 g/mol. The lowest BCUT2D eigenvalue weighted by Crippen LogP contribution is -2.36. The number of carbonyl (C=O) groups is 1. The van der Waals surface area contributed by atoms with Gasteiger partial charge in [0.1, 0.15) is 11.4 Å². The Morgan fingerprint density at radius 3 is 2.78 bits per heavy atom. The van der Waals surface area contributed by atoms with E-state index in [4.69, 9.17) is 10.00 Å². The van der Waals surface area contributed by atoms with Crippen LogP contribution < -0.4 is 4.74 Å². The fraction of sp³-hybridized carbons (Fsp3) is 0.400. The maximum absolute atomic E-state index is 12.7. The largest absolute Gasteiger partial charge is 0.437 e. The fourth-order valence-corrected chi connectivity index (χ4v) is 3.34. The van der Waals surface area contributed by atoms with Gasteiger partial charge >= 0.3 is 0 Å². The van der Waals surface area contributed by atoms with E-state index >= 15 is 0 Å². The molecule has 1 aliphatic carbocycles. The normalized spacial score (nSPS) is 17.8. The van der Waals surface area contributed by atoms with Gasteiger partial charge in [0.25, 0.3) is 5.91 Å². The molecule has 2 aliphatic rings. The molecule has 1 aromatic heterocycles. The molecule has 0 unspecified atom stereocenters. The lowest BCUT2D eigenvalue weighted by molar-refractivity contribution is 0.0754. The zero-order valence-electron chi connectivity index (χ0n) is 15.0.